The Morgan fingerprint density at radius 1 is 1.12 bits per heavy atom. The number of carbonyl (C=O) groups excluding carboxylic acids is 1. The van der Waals surface area contributed by atoms with Gasteiger partial charge in [-0.05, 0) is 26.3 Å². The summed E-state index contributed by atoms with van der Waals surface area (Å²) in [6, 6.07) is 0. The lowest BCUT2D eigenvalue weighted by molar-refractivity contribution is 0.0702. The maximum atomic E-state index is 13.3. The number of rotatable bonds is 6. The number of methoxy groups -OCH3 is 2. The maximum absolute atomic E-state index is 13.3. The molecule has 4 heterocycles. The van der Waals surface area contributed by atoms with Gasteiger partial charge in [-0.1, -0.05) is 5.16 Å². The number of thiophene rings is 1. The molecule has 1 aliphatic rings. The van der Waals surface area contributed by atoms with E-state index in [-0.39, 0.29) is 49.3 Å². The van der Waals surface area contributed by atoms with E-state index in [4.69, 9.17) is 14.0 Å². The summed E-state index contributed by atoms with van der Waals surface area (Å²) in [7, 11) is -0.668. The molecule has 0 aliphatic carbocycles. The lowest BCUT2D eigenvalue weighted by Crippen LogP contribution is -2.50. The van der Waals surface area contributed by atoms with Crippen molar-refractivity contribution in [2.45, 2.75) is 32.3 Å². The van der Waals surface area contributed by atoms with Crippen molar-refractivity contribution in [2.75, 3.05) is 40.4 Å². The van der Waals surface area contributed by atoms with Crippen molar-refractivity contribution in [3.63, 3.8) is 0 Å². The van der Waals surface area contributed by atoms with E-state index in [1.54, 1.807) is 25.9 Å². The zero-order valence-corrected chi connectivity index (χ0v) is 20.7. The molecule has 0 radical (unpaired) electrons. The Morgan fingerprint density at radius 2 is 1.82 bits per heavy atom. The van der Waals surface area contributed by atoms with Gasteiger partial charge in [0.05, 0.1) is 17.4 Å². The molecule has 33 heavy (non-hydrogen) atoms. The van der Waals surface area contributed by atoms with Crippen molar-refractivity contribution in [1.29, 1.82) is 0 Å². The van der Waals surface area contributed by atoms with Gasteiger partial charge in [-0.2, -0.15) is 9.29 Å². The number of aryl methyl sites for hydroxylation is 3. The molecule has 1 saturated heterocycles. The summed E-state index contributed by atoms with van der Waals surface area (Å²) in [4.78, 5) is 25.1. The first kappa shape index (κ1) is 23.5. The van der Waals surface area contributed by atoms with Crippen LogP contribution in [-0.2, 0) is 21.4 Å². The minimum Gasteiger partial charge on any atom is -0.480 e. The van der Waals surface area contributed by atoms with Crippen LogP contribution in [0.5, 0.6) is 5.88 Å². The molecule has 3 aromatic heterocycles. The molecule has 4 rings (SSSR count). The van der Waals surface area contributed by atoms with E-state index in [0.717, 1.165) is 5.56 Å². The molecular formula is C20H25N5O6S2. The number of carbonyl (C=O) groups is 1. The van der Waals surface area contributed by atoms with Crippen molar-refractivity contribution >= 4 is 37.5 Å². The van der Waals surface area contributed by atoms with Crippen LogP contribution in [0, 0.1) is 20.8 Å². The van der Waals surface area contributed by atoms with Crippen LogP contribution in [0.15, 0.2) is 9.42 Å². The average molecular weight is 496 g/mol. The summed E-state index contributed by atoms with van der Waals surface area (Å²) in [6.07, 6.45) is 0. The van der Waals surface area contributed by atoms with Crippen molar-refractivity contribution in [1.82, 2.24) is 24.3 Å². The molecule has 0 atom stereocenters. The topological polar surface area (TPSA) is 128 Å². The number of fused-ring (bicyclic) bond motifs is 1. The van der Waals surface area contributed by atoms with Gasteiger partial charge in [-0.25, -0.2) is 13.4 Å². The molecule has 1 fully saturated rings. The van der Waals surface area contributed by atoms with Gasteiger partial charge < -0.3 is 18.9 Å². The average Bonchev–Trinajstić information content (AvgIpc) is 3.31. The van der Waals surface area contributed by atoms with Gasteiger partial charge in [-0.15, -0.1) is 11.3 Å². The van der Waals surface area contributed by atoms with Gasteiger partial charge in [0.25, 0.3) is 5.91 Å². The van der Waals surface area contributed by atoms with Crippen molar-refractivity contribution in [3.8, 4) is 5.88 Å². The number of ether oxygens (including phenoxy) is 2. The minimum atomic E-state index is -3.75. The van der Waals surface area contributed by atoms with Gasteiger partial charge in [-0.3, -0.25) is 4.79 Å². The van der Waals surface area contributed by atoms with Crippen LogP contribution in [0.2, 0.25) is 0 Å². The summed E-state index contributed by atoms with van der Waals surface area (Å²) in [5.74, 6) is 0.963. The lowest BCUT2D eigenvalue weighted by Gasteiger charge is -2.33. The fraction of sp³-hybridized carbons (Fsp3) is 0.500. The van der Waals surface area contributed by atoms with Crippen molar-refractivity contribution in [2.24, 2.45) is 0 Å². The summed E-state index contributed by atoms with van der Waals surface area (Å²) in [5, 5.41) is 4.45. The van der Waals surface area contributed by atoms with Gasteiger partial charge in [0, 0.05) is 33.3 Å². The van der Waals surface area contributed by atoms with Crippen molar-refractivity contribution in [3.05, 3.63) is 27.7 Å². The van der Waals surface area contributed by atoms with Crippen LogP contribution in [0.3, 0.4) is 0 Å². The van der Waals surface area contributed by atoms with Crippen LogP contribution in [0.25, 0.3) is 10.2 Å². The Morgan fingerprint density at radius 3 is 2.39 bits per heavy atom. The number of amides is 1. The number of piperazine rings is 1. The first-order valence-corrected chi connectivity index (χ1v) is 12.5. The molecule has 0 N–H and O–H groups in total. The summed E-state index contributed by atoms with van der Waals surface area (Å²) in [5.41, 5.74) is 1.07. The van der Waals surface area contributed by atoms with E-state index < -0.39 is 10.0 Å². The van der Waals surface area contributed by atoms with Crippen LogP contribution in [0.4, 0.5) is 0 Å². The highest BCUT2D eigenvalue weighted by Gasteiger charge is 2.35. The molecule has 0 aromatic carbocycles. The number of sulfonamides is 1. The van der Waals surface area contributed by atoms with E-state index >= 15 is 0 Å². The molecule has 13 heteroatoms. The van der Waals surface area contributed by atoms with E-state index in [2.05, 4.69) is 15.1 Å². The number of aromatic nitrogens is 3. The zero-order chi connectivity index (χ0) is 23.9. The Kier molecular flexibility index (Phi) is 6.40. The SMILES string of the molecule is COCc1nc(OC)c2c(C)c(C(=O)N3CCN(S(=O)(=O)c4c(C)noc4C)CC3)sc2n1. The molecule has 1 aliphatic heterocycles. The quantitative estimate of drug-likeness (QED) is 0.504. The summed E-state index contributed by atoms with van der Waals surface area (Å²) < 4.78 is 43.0. The first-order chi connectivity index (χ1) is 15.7. The molecule has 0 bridgehead atoms. The second kappa shape index (κ2) is 8.97. The zero-order valence-electron chi connectivity index (χ0n) is 19.0. The molecule has 178 valence electrons. The summed E-state index contributed by atoms with van der Waals surface area (Å²) in [6.45, 7) is 6.15. The highest BCUT2D eigenvalue weighted by Crippen LogP contribution is 2.36. The smallest absolute Gasteiger partial charge is 0.264 e. The first-order valence-electron chi connectivity index (χ1n) is 10.2. The van der Waals surface area contributed by atoms with Crippen LogP contribution >= 0.6 is 11.3 Å². The van der Waals surface area contributed by atoms with Gasteiger partial charge >= 0.3 is 0 Å². The normalized spacial score (nSPS) is 15.4. The number of hydrogen-bond donors (Lipinski definition) is 0. The van der Waals surface area contributed by atoms with Crippen LogP contribution < -0.4 is 4.74 Å². The third-order valence-corrected chi connectivity index (χ3v) is 8.87. The Balaban J connectivity index is 1.56. The predicted molar refractivity (Wildman–Crippen MR) is 120 cm³/mol. The third kappa shape index (κ3) is 4.09. The Bertz CT molecular complexity index is 1290. The Hall–Kier alpha value is -2.61. The molecule has 3 aromatic rings. The maximum Gasteiger partial charge on any atom is 0.264 e. The molecule has 0 spiro atoms. The Labute approximate surface area is 195 Å². The fourth-order valence-corrected chi connectivity index (χ4v) is 6.81. The minimum absolute atomic E-state index is 0.0974. The van der Waals surface area contributed by atoms with E-state index in [1.807, 2.05) is 6.92 Å². The van der Waals surface area contributed by atoms with E-state index in [1.165, 1.54) is 22.8 Å². The van der Waals surface area contributed by atoms with Crippen LogP contribution in [-0.4, -0.2) is 79.1 Å². The highest BCUT2D eigenvalue weighted by atomic mass is 32.2. The number of hydrogen-bond acceptors (Lipinski definition) is 10. The fourth-order valence-electron chi connectivity index (χ4n) is 3.94. The third-order valence-electron chi connectivity index (χ3n) is 5.56. The number of nitrogens with zero attached hydrogens (tertiary/aromatic N) is 5. The second-order valence-electron chi connectivity index (χ2n) is 7.67. The van der Waals surface area contributed by atoms with Crippen LogP contribution in [0.1, 0.15) is 32.5 Å². The monoisotopic (exact) mass is 495 g/mol. The largest absolute Gasteiger partial charge is 0.480 e. The second-order valence-corrected chi connectivity index (χ2v) is 10.5. The van der Waals surface area contributed by atoms with Gasteiger partial charge in [0.15, 0.2) is 11.6 Å². The molecule has 1 amide bonds. The standard InChI is InChI=1S/C20H25N5O6S2/c1-11-15-18(30-5)21-14(10-29-4)22-19(15)32-16(11)20(26)24-6-8-25(9-7-24)33(27,28)17-12(2)23-31-13(17)3/h6-10H2,1-5H3. The molecular weight excluding hydrogens is 470 g/mol. The van der Waals surface area contributed by atoms with Gasteiger partial charge in [0.2, 0.25) is 15.9 Å². The van der Waals surface area contributed by atoms with E-state index in [9.17, 15) is 13.2 Å². The molecule has 11 nitrogen and oxygen atoms in total. The lowest BCUT2D eigenvalue weighted by atomic mass is 10.2. The van der Waals surface area contributed by atoms with E-state index in [0.29, 0.717) is 32.5 Å². The predicted octanol–water partition coefficient (Wildman–Crippen LogP) is 1.91. The molecule has 0 unspecified atom stereocenters. The molecule has 0 saturated carbocycles. The summed E-state index contributed by atoms with van der Waals surface area (Å²) >= 11 is 1.27. The van der Waals surface area contributed by atoms with Crippen molar-refractivity contribution < 1.29 is 27.2 Å². The highest BCUT2D eigenvalue weighted by molar-refractivity contribution is 7.89. The van der Waals surface area contributed by atoms with Gasteiger partial charge in [0.1, 0.15) is 22.0 Å².